The Morgan fingerprint density at radius 2 is 2.11 bits per heavy atom. The van der Waals surface area contributed by atoms with Gasteiger partial charge < -0.3 is 20.3 Å². The van der Waals surface area contributed by atoms with Crippen molar-refractivity contribution in [3.63, 3.8) is 0 Å². The molecule has 7 nitrogen and oxygen atoms in total. The van der Waals surface area contributed by atoms with E-state index in [0.717, 1.165) is 30.2 Å². The summed E-state index contributed by atoms with van der Waals surface area (Å²) in [4.78, 5) is 21.8. The minimum Gasteiger partial charge on any atom is -0.396 e. The van der Waals surface area contributed by atoms with E-state index in [0.29, 0.717) is 28.8 Å². The Kier molecular flexibility index (Phi) is 5.00. The lowest BCUT2D eigenvalue weighted by Gasteiger charge is -2.17. The number of aliphatic hydroxyl groups is 1. The Morgan fingerprint density at radius 3 is 2.86 bits per heavy atom. The molecule has 2 atom stereocenters. The van der Waals surface area contributed by atoms with Gasteiger partial charge in [0, 0.05) is 32.1 Å². The highest BCUT2D eigenvalue weighted by Gasteiger charge is 2.25. The lowest BCUT2D eigenvalue weighted by Crippen LogP contribution is -2.22. The summed E-state index contributed by atoms with van der Waals surface area (Å²) >= 11 is 0. The molecule has 0 unspecified atom stereocenters. The zero-order valence-electron chi connectivity index (χ0n) is 16.1. The molecule has 1 aliphatic carbocycles. The van der Waals surface area contributed by atoms with E-state index in [2.05, 4.69) is 15.6 Å². The van der Waals surface area contributed by atoms with E-state index < -0.39 is 0 Å². The fraction of sp³-hybridized carbons (Fsp3) is 0.381. The van der Waals surface area contributed by atoms with Crippen LogP contribution in [0.1, 0.15) is 24.8 Å². The summed E-state index contributed by atoms with van der Waals surface area (Å²) in [6.45, 7) is 2.21. The highest BCUT2D eigenvalue weighted by molar-refractivity contribution is 5.93. The van der Waals surface area contributed by atoms with Gasteiger partial charge in [-0.25, -0.2) is 9.97 Å². The maximum absolute atomic E-state index is 12.8. The third-order valence-electron chi connectivity index (χ3n) is 5.37. The third kappa shape index (κ3) is 3.71. The number of anilines is 3. The van der Waals surface area contributed by atoms with Gasteiger partial charge in [0.05, 0.1) is 5.39 Å². The second-order valence-electron chi connectivity index (χ2n) is 7.60. The SMILES string of the molecule is Cc1ccnc(Nc2cc3ccn(C)c(=O)c3c(N[C@H]3CC[C@@H](CO)C3)n2)c1. The molecule has 3 N–H and O–H groups in total. The summed E-state index contributed by atoms with van der Waals surface area (Å²) < 4.78 is 1.57. The van der Waals surface area contributed by atoms with Crippen molar-refractivity contribution in [2.75, 3.05) is 17.2 Å². The minimum atomic E-state index is -0.0792. The largest absolute Gasteiger partial charge is 0.396 e. The highest BCUT2D eigenvalue weighted by Crippen LogP contribution is 2.30. The lowest BCUT2D eigenvalue weighted by atomic mass is 10.1. The number of rotatable bonds is 5. The molecule has 0 saturated heterocycles. The molecule has 0 bridgehead atoms. The summed E-state index contributed by atoms with van der Waals surface area (Å²) in [5, 5.41) is 17.5. The van der Waals surface area contributed by atoms with Gasteiger partial charge in [0.1, 0.15) is 17.5 Å². The van der Waals surface area contributed by atoms with Crippen LogP contribution in [0.3, 0.4) is 0 Å². The molecule has 28 heavy (non-hydrogen) atoms. The van der Waals surface area contributed by atoms with Crippen LogP contribution in [0.25, 0.3) is 10.8 Å². The van der Waals surface area contributed by atoms with E-state index in [1.54, 1.807) is 24.0 Å². The fourth-order valence-corrected chi connectivity index (χ4v) is 3.83. The van der Waals surface area contributed by atoms with Gasteiger partial charge in [-0.1, -0.05) is 0 Å². The van der Waals surface area contributed by atoms with Gasteiger partial charge in [-0.15, -0.1) is 0 Å². The molecule has 1 saturated carbocycles. The van der Waals surface area contributed by atoms with Crippen LogP contribution in [-0.2, 0) is 7.05 Å². The van der Waals surface area contributed by atoms with Crippen LogP contribution in [0.2, 0.25) is 0 Å². The molecule has 146 valence electrons. The van der Waals surface area contributed by atoms with Crippen LogP contribution in [0.5, 0.6) is 0 Å². The summed E-state index contributed by atoms with van der Waals surface area (Å²) in [5.74, 6) is 2.24. The third-order valence-corrected chi connectivity index (χ3v) is 5.37. The zero-order valence-corrected chi connectivity index (χ0v) is 16.1. The number of aromatic nitrogens is 3. The van der Waals surface area contributed by atoms with Crippen LogP contribution < -0.4 is 16.2 Å². The van der Waals surface area contributed by atoms with Gasteiger partial charge in [0.25, 0.3) is 5.56 Å². The zero-order chi connectivity index (χ0) is 19.7. The average molecular weight is 379 g/mol. The first kappa shape index (κ1) is 18.4. The maximum atomic E-state index is 12.8. The monoisotopic (exact) mass is 379 g/mol. The molecule has 7 heteroatoms. The van der Waals surface area contributed by atoms with E-state index in [1.165, 1.54) is 0 Å². The molecular formula is C21H25N5O2. The summed E-state index contributed by atoms with van der Waals surface area (Å²) in [6.07, 6.45) is 6.33. The van der Waals surface area contributed by atoms with Crippen molar-refractivity contribution in [3.05, 3.63) is 52.6 Å². The Labute approximate surface area is 163 Å². The van der Waals surface area contributed by atoms with Crippen LogP contribution in [0, 0.1) is 12.8 Å². The molecule has 0 spiro atoms. The Balaban J connectivity index is 1.74. The highest BCUT2D eigenvalue weighted by atomic mass is 16.3. The second kappa shape index (κ2) is 7.59. The average Bonchev–Trinajstić information content (AvgIpc) is 3.12. The fourth-order valence-electron chi connectivity index (χ4n) is 3.83. The number of hydrogen-bond donors (Lipinski definition) is 3. The van der Waals surface area contributed by atoms with E-state index in [9.17, 15) is 9.90 Å². The molecule has 1 aliphatic rings. The van der Waals surface area contributed by atoms with E-state index in [-0.39, 0.29) is 18.2 Å². The Morgan fingerprint density at radius 1 is 1.25 bits per heavy atom. The molecule has 0 radical (unpaired) electrons. The van der Waals surface area contributed by atoms with Gasteiger partial charge in [-0.3, -0.25) is 4.79 Å². The van der Waals surface area contributed by atoms with E-state index in [4.69, 9.17) is 4.98 Å². The van der Waals surface area contributed by atoms with Crippen molar-refractivity contribution < 1.29 is 5.11 Å². The van der Waals surface area contributed by atoms with Gasteiger partial charge in [-0.2, -0.15) is 0 Å². The van der Waals surface area contributed by atoms with Crippen molar-refractivity contribution in [2.24, 2.45) is 13.0 Å². The maximum Gasteiger partial charge on any atom is 0.261 e. The molecule has 3 aromatic rings. The number of hydrogen-bond acceptors (Lipinski definition) is 6. The van der Waals surface area contributed by atoms with E-state index in [1.807, 2.05) is 31.2 Å². The molecular weight excluding hydrogens is 354 g/mol. The molecule has 0 aromatic carbocycles. The predicted molar refractivity (Wildman–Crippen MR) is 111 cm³/mol. The van der Waals surface area contributed by atoms with Crippen molar-refractivity contribution in [1.29, 1.82) is 0 Å². The van der Waals surface area contributed by atoms with Crippen LogP contribution >= 0.6 is 0 Å². The summed E-state index contributed by atoms with van der Waals surface area (Å²) in [6, 6.07) is 7.88. The first-order chi connectivity index (χ1) is 13.5. The first-order valence-electron chi connectivity index (χ1n) is 9.61. The molecule has 0 amide bonds. The first-order valence-corrected chi connectivity index (χ1v) is 9.61. The number of aliphatic hydroxyl groups excluding tert-OH is 1. The quantitative estimate of drug-likeness (QED) is 0.631. The molecule has 3 heterocycles. The summed E-state index contributed by atoms with van der Waals surface area (Å²) in [5.41, 5.74) is 1.02. The molecule has 1 fully saturated rings. The topological polar surface area (TPSA) is 92.1 Å². The molecule has 4 rings (SSSR count). The lowest BCUT2D eigenvalue weighted by molar-refractivity contribution is 0.229. The molecule has 0 aliphatic heterocycles. The van der Waals surface area contributed by atoms with Gasteiger partial charge in [0.15, 0.2) is 0 Å². The normalized spacial score (nSPS) is 19.1. The predicted octanol–water partition coefficient (Wildman–Crippen LogP) is 2.95. The summed E-state index contributed by atoms with van der Waals surface area (Å²) in [7, 11) is 1.74. The minimum absolute atomic E-state index is 0.0792. The number of fused-ring (bicyclic) bond motifs is 1. The van der Waals surface area contributed by atoms with Crippen molar-refractivity contribution in [2.45, 2.75) is 32.2 Å². The number of nitrogens with zero attached hydrogens (tertiary/aromatic N) is 3. The second-order valence-corrected chi connectivity index (χ2v) is 7.60. The van der Waals surface area contributed by atoms with Crippen LogP contribution in [0.4, 0.5) is 17.5 Å². The van der Waals surface area contributed by atoms with Gasteiger partial charge in [0.2, 0.25) is 0 Å². The standard InChI is InChI=1S/C21H25N5O2/c1-13-5-7-22-17(9-13)24-18-11-15-6-8-26(2)21(28)19(15)20(25-18)23-16-4-3-14(10-16)12-27/h5-9,11,14,16,27H,3-4,10,12H2,1-2H3,(H2,22,23,24,25)/t14-,16+/m1/s1. The van der Waals surface area contributed by atoms with Crippen LogP contribution in [-0.4, -0.2) is 32.3 Å². The Bertz CT molecular complexity index is 1060. The van der Waals surface area contributed by atoms with Crippen LogP contribution in [0.15, 0.2) is 41.5 Å². The Hall–Kier alpha value is -2.93. The van der Waals surface area contributed by atoms with Crippen molar-refractivity contribution in [3.8, 4) is 0 Å². The molecule has 3 aromatic heterocycles. The number of pyridine rings is 3. The van der Waals surface area contributed by atoms with Crippen molar-refractivity contribution in [1.82, 2.24) is 14.5 Å². The smallest absolute Gasteiger partial charge is 0.261 e. The van der Waals surface area contributed by atoms with Crippen molar-refractivity contribution >= 4 is 28.2 Å². The number of aryl methyl sites for hydroxylation is 2. The van der Waals surface area contributed by atoms with Gasteiger partial charge >= 0.3 is 0 Å². The van der Waals surface area contributed by atoms with Gasteiger partial charge in [-0.05, 0) is 67.3 Å². The number of nitrogens with one attached hydrogen (secondary N) is 2. The van der Waals surface area contributed by atoms with E-state index >= 15 is 0 Å².